The topological polar surface area (TPSA) is 106 Å². The van der Waals surface area contributed by atoms with E-state index in [0.29, 0.717) is 36.9 Å². The summed E-state index contributed by atoms with van der Waals surface area (Å²) in [7, 11) is 0. The van der Waals surface area contributed by atoms with Gasteiger partial charge in [0, 0.05) is 29.8 Å². The second-order valence-electron chi connectivity index (χ2n) is 8.39. The molecule has 8 nitrogen and oxygen atoms in total. The fourth-order valence-corrected chi connectivity index (χ4v) is 2.81. The highest BCUT2D eigenvalue weighted by Gasteiger charge is 2.15. The van der Waals surface area contributed by atoms with Crippen molar-refractivity contribution in [3.63, 3.8) is 0 Å². The lowest BCUT2D eigenvalue weighted by atomic mass is 10.1. The molecule has 8 heteroatoms. The predicted octanol–water partition coefficient (Wildman–Crippen LogP) is 4.36. The molecule has 0 aliphatic rings. The van der Waals surface area contributed by atoms with Crippen LogP contribution in [0.25, 0.3) is 22.9 Å². The van der Waals surface area contributed by atoms with Crippen LogP contribution >= 0.6 is 0 Å². The van der Waals surface area contributed by atoms with Gasteiger partial charge in [-0.25, -0.2) is 4.79 Å². The highest BCUT2D eigenvalue weighted by molar-refractivity contribution is 5.94. The van der Waals surface area contributed by atoms with Crippen molar-refractivity contribution in [1.82, 2.24) is 20.8 Å². The average molecular weight is 437 g/mol. The molecule has 3 aromatic rings. The Kier molecular flexibility index (Phi) is 7.25. The zero-order valence-corrected chi connectivity index (χ0v) is 18.8. The molecule has 0 unspecified atom stereocenters. The molecule has 0 radical (unpaired) electrons. The van der Waals surface area contributed by atoms with E-state index in [4.69, 9.17) is 9.15 Å². The second kappa shape index (κ2) is 10.1. The van der Waals surface area contributed by atoms with Crippen LogP contribution in [-0.4, -0.2) is 40.9 Å². The maximum absolute atomic E-state index is 12.3. The maximum atomic E-state index is 12.3. The van der Waals surface area contributed by atoms with E-state index in [1.54, 1.807) is 45.0 Å². The van der Waals surface area contributed by atoms with Crippen LogP contribution in [0, 0.1) is 6.92 Å². The first-order valence-electron chi connectivity index (χ1n) is 10.5. The van der Waals surface area contributed by atoms with Crippen molar-refractivity contribution in [2.45, 2.75) is 39.7 Å². The van der Waals surface area contributed by atoms with Crippen molar-refractivity contribution < 1.29 is 18.7 Å². The molecule has 0 aliphatic heterocycles. The van der Waals surface area contributed by atoms with Crippen molar-refractivity contribution in [2.75, 3.05) is 13.1 Å². The number of hydrogen-bond acceptors (Lipinski definition) is 6. The van der Waals surface area contributed by atoms with E-state index in [2.05, 4.69) is 20.8 Å². The molecule has 2 N–H and O–H groups in total. The van der Waals surface area contributed by atoms with Crippen molar-refractivity contribution in [3.8, 4) is 22.9 Å². The molecule has 32 heavy (non-hydrogen) atoms. The van der Waals surface area contributed by atoms with Gasteiger partial charge in [-0.05, 0) is 70.5 Å². The van der Waals surface area contributed by atoms with Gasteiger partial charge in [-0.1, -0.05) is 17.7 Å². The van der Waals surface area contributed by atoms with Gasteiger partial charge in [0.15, 0.2) is 0 Å². The Morgan fingerprint density at radius 1 is 0.875 bits per heavy atom. The van der Waals surface area contributed by atoms with Crippen LogP contribution in [0.2, 0.25) is 0 Å². The Morgan fingerprint density at radius 3 is 1.97 bits per heavy atom. The lowest BCUT2D eigenvalue weighted by Gasteiger charge is -2.19. The Bertz CT molecular complexity index is 1050. The predicted molar refractivity (Wildman–Crippen MR) is 121 cm³/mol. The Labute approximate surface area is 187 Å². The van der Waals surface area contributed by atoms with Crippen LogP contribution < -0.4 is 10.6 Å². The number of aromatic nitrogens is 2. The number of benzene rings is 2. The number of rotatable bonds is 7. The van der Waals surface area contributed by atoms with Crippen LogP contribution in [0.15, 0.2) is 52.9 Å². The number of amides is 2. The molecule has 168 valence electrons. The van der Waals surface area contributed by atoms with E-state index < -0.39 is 11.7 Å². The van der Waals surface area contributed by atoms with Crippen molar-refractivity contribution in [3.05, 3.63) is 59.7 Å². The lowest BCUT2D eigenvalue weighted by Crippen LogP contribution is -2.34. The van der Waals surface area contributed by atoms with Crippen LogP contribution in [-0.2, 0) is 4.74 Å². The highest BCUT2D eigenvalue weighted by Crippen LogP contribution is 2.24. The van der Waals surface area contributed by atoms with E-state index >= 15 is 0 Å². The van der Waals surface area contributed by atoms with Gasteiger partial charge in [-0.2, -0.15) is 0 Å². The summed E-state index contributed by atoms with van der Waals surface area (Å²) in [6, 6.07) is 14.8. The number of alkyl carbamates (subject to hydrolysis) is 1. The minimum atomic E-state index is -0.534. The van der Waals surface area contributed by atoms with Gasteiger partial charge < -0.3 is 19.8 Å². The number of hydrogen-bond donors (Lipinski definition) is 2. The number of carbonyl (C=O) groups is 2. The molecular formula is C24H28N4O4. The number of carbonyl (C=O) groups excluding carboxylic acids is 2. The molecule has 1 aromatic heterocycles. The van der Waals surface area contributed by atoms with E-state index in [9.17, 15) is 9.59 Å². The zero-order chi connectivity index (χ0) is 23.1. The second-order valence-corrected chi connectivity index (χ2v) is 8.39. The van der Waals surface area contributed by atoms with E-state index in [-0.39, 0.29) is 5.91 Å². The molecule has 0 bridgehead atoms. The van der Waals surface area contributed by atoms with Crippen molar-refractivity contribution in [1.29, 1.82) is 0 Å². The van der Waals surface area contributed by atoms with Gasteiger partial charge in [-0.15, -0.1) is 10.2 Å². The molecule has 2 amide bonds. The van der Waals surface area contributed by atoms with E-state index in [1.165, 1.54) is 0 Å². The van der Waals surface area contributed by atoms with Gasteiger partial charge >= 0.3 is 6.09 Å². The summed E-state index contributed by atoms with van der Waals surface area (Å²) < 4.78 is 10.9. The third-order valence-corrected chi connectivity index (χ3v) is 4.42. The first kappa shape index (κ1) is 23.0. The van der Waals surface area contributed by atoms with Gasteiger partial charge in [0.1, 0.15) is 5.60 Å². The van der Waals surface area contributed by atoms with Gasteiger partial charge in [-0.3, -0.25) is 4.79 Å². The van der Waals surface area contributed by atoms with E-state index in [0.717, 1.165) is 16.7 Å². The largest absolute Gasteiger partial charge is 0.444 e. The Hall–Kier alpha value is -3.68. The summed E-state index contributed by atoms with van der Waals surface area (Å²) in [4.78, 5) is 23.9. The molecule has 0 saturated carbocycles. The van der Waals surface area contributed by atoms with Crippen LogP contribution in [0.1, 0.15) is 43.1 Å². The number of nitrogens with zero attached hydrogens (tertiary/aromatic N) is 2. The quantitative estimate of drug-likeness (QED) is 0.533. The zero-order valence-electron chi connectivity index (χ0n) is 18.8. The summed E-state index contributed by atoms with van der Waals surface area (Å²) >= 11 is 0. The molecule has 0 atom stereocenters. The average Bonchev–Trinajstić information content (AvgIpc) is 3.23. The summed E-state index contributed by atoms with van der Waals surface area (Å²) in [6.07, 6.45) is 0.123. The number of aryl methyl sites for hydroxylation is 1. The Balaban J connectivity index is 1.47. The highest BCUT2D eigenvalue weighted by atomic mass is 16.6. The van der Waals surface area contributed by atoms with Crippen molar-refractivity contribution >= 4 is 12.0 Å². The van der Waals surface area contributed by atoms with Crippen LogP contribution in [0.4, 0.5) is 4.79 Å². The fraction of sp³-hybridized carbons (Fsp3) is 0.333. The molecule has 0 fully saturated rings. The SMILES string of the molecule is Cc1ccc(-c2nnc(-c3ccc(C(=O)NCCCNC(=O)OC(C)(C)C)cc3)o2)cc1. The summed E-state index contributed by atoms with van der Waals surface area (Å²) in [5, 5.41) is 13.7. The fourth-order valence-electron chi connectivity index (χ4n) is 2.81. The van der Waals surface area contributed by atoms with E-state index in [1.807, 2.05) is 31.2 Å². The molecule has 1 heterocycles. The normalized spacial score (nSPS) is 11.1. The summed E-state index contributed by atoms with van der Waals surface area (Å²) in [5.74, 6) is 0.641. The third kappa shape index (κ3) is 6.66. The van der Waals surface area contributed by atoms with Gasteiger partial charge in [0.25, 0.3) is 5.91 Å². The number of nitrogens with one attached hydrogen (secondary N) is 2. The molecule has 0 saturated heterocycles. The first-order chi connectivity index (χ1) is 15.2. The monoisotopic (exact) mass is 436 g/mol. The molecule has 2 aromatic carbocycles. The minimum Gasteiger partial charge on any atom is -0.444 e. The summed E-state index contributed by atoms with van der Waals surface area (Å²) in [6.45, 7) is 8.27. The van der Waals surface area contributed by atoms with Crippen molar-refractivity contribution in [2.24, 2.45) is 0 Å². The number of ether oxygens (including phenoxy) is 1. The smallest absolute Gasteiger partial charge is 0.407 e. The van der Waals surface area contributed by atoms with Gasteiger partial charge in [0.05, 0.1) is 0 Å². The Morgan fingerprint density at radius 2 is 1.41 bits per heavy atom. The minimum absolute atomic E-state index is 0.195. The molecule has 0 aliphatic carbocycles. The maximum Gasteiger partial charge on any atom is 0.407 e. The van der Waals surface area contributed by atoms with Crippen LogP contribution in [0.3, 0.4) is 0 Å². The molecule has 0 spiro atoms. The third-order valence-electron chi connectivity index (χ3n) is 4.42. The summed E-state index contributed by atoms with van der Waals surface area (Å²) in [5.41, 5.74) is 2.72. The molecule has 3 rings (SSSR count). The van der Waals surface area contributed by atoms with Gasteiger partial charge in [0.2, 0.25) is 11.8 Å². The molecular weight excluding hydrogens is 408 g/mol. The lowest BCUT2D eigenvalue weighted by molar-refractivity contribution is 0.0527. The standard InChI is InChI=1S/C24H28N4O4/c1-16-6-8-18(9-7-16)21-27-28-22(31-21)19-12-10-17(11-13-19)20(29)25-14-5-15-26-23(30)32-24(2,3)4/h6-13H,5,14-15H2,1-4H3,(H,25,29)(H,26,30). The first-order valence-corrected chi connectivity index (χ1v) is 10.5. The van der Waals surface area contributed by atoms with Crippen LogP contribution in [0.5, 0.6) is 0 Å².